The predicted octanol–water partition coefficient (Wildman–Crippen LogP) is 3.23. The number of anilines is 1. The quantitative estimate of drug-likeness (QED) is 0.724. The molecule has 118 valence electrons. The molecule has 21 heavy (non-hydrogen) atoms. The third-order valence-electron chi connectivity index (χ3n) is 3.45. The molecular formula is C16H26ClN3O. The molecule has 0 heterocycles. The molecule has 0 aromatic heterocycles. The van der Waals surface area contributed by atoms with Gasteiger partial charge in [-0.15, -0.1) is 0 Å². The van der Waals surface area contributed by atoms with E-state index in [1.54, 1.807) is 12.1 Å². The molecular weight excluding hydrogens is 286 g/mol. The zero-order valence-electron chi connectivity index (χ0n) is 13.4. The predicted molar refractivity (Wildman–Crippen MR) is 90.3 cm³/mol. The molecule has 1 amide bonds. The minimum absolute atomic E-state index is 0.0827. The maximum Gasteiger partial charge on any atom is 0.253 e. The summed E-state index contributed by atoms with van der Waals surface area (Å²) in [5.41, 5.74) is 1.42. The van der Waals surface area contributed by atoms with Crippen molar-refractivity contribution in [2.24, 2.45) is 0 Å². The van der Waals surface area contributed by atoms with Crippen molar-refractivity contribution in [3.05, 3.63) is 28.8 Å². The lowest BCUT2D eigenvalue weighted by Crippen LogP contribution is -2.31. The van der Waals surface area contributed by atoms with Gasteiger partial charge in [-0.2, -0.15) is 0 Å². The van der Waals surface area contributed by atoms with Crippen LogP contribution in [-0.4, -0.2) is 43.5 Å². The number of rotatable bonds is 8. The summed E-state index contributed by atoms with van der Waals surface area (Å²) in [6.45, 7) is 8.71. The van der Waals surface area contributed by atoms with Crippen molar-refractivity contribution in [3.8, 4) is 0 Å². The molecule has 0 aliphatic rings. The van der Waals surface area contributed by atoms with E-state index in [4.69, 9.17) is 11.6 Å². The van der Waals surface area contributed by atoms with Crippen molar-refractivity contribution in [1.29, 1.82) is 0 Å². The SMILES string of the molecule is CCNc1ccc(Cl)cc1C(=O)NCCCN(C)C(C)C. The maximum atomic E-state index is 12.2. The Morgan fingerprint density at radius 3 is 2.71 bits per heavy atom. The molecule has 0 saturated carbocycles. The van der Waals surface area contributed by atoms with E-state index in [1.165, 1.54) is 0 Å². The van der Waals surface area contributed by atoms with Crippen molar-refractivity contribution >= 4 is 23.2 Å². The first-order chi connectivity index (χ1) is 9.95. The van der Waals surface area contributed by atoms with Gasteiger partial charge in [-0.25, -0.2) is 0 Å². The lowest BCUT2D eigenvalue weighted by Gasteiger charge is -2.20. The monoisotopic (exact) mass is 311 g/mol. The summed E-state index contributed by atoms with van der Waals surface area (Å²) >= 11 is 5.98. The highest BCUT2D eigenvalue weighted by Crippen LogP contribution is 2.20. The Morgan fingerprint density at radius 1 is 1.38 bits per heavy atom. The fourth-order valence-corrected chi connectivity index (χ4v) is 2.10. The van der Waals surface area contributed by atoms with Crippen molar-refractivity contribution in [3.63, 3.8) is 0 Å². The number of halogens is 1. The molecule has 0 bridgehead atoms. The Kier molecular flexibility index (Phi) is 7.54. The molecule has 0 atom stereocenters. The molecule has 0 saturated heterocycles. The fraction of sp³-hybridized carbons (Fsp3) is 0.562. The highest BCUT2D eigenvalue weighted by Gasteiger charge is 2.11. The largest absolute Gasteiger partial charge is 0.385 e. The van der Waals surface area contributed by atoms with E-state index in [-0.39, 0.29) is 5.91 Å². The van der Waals surface area contributed by atoms with E-state index in [0.717, 1.165) is 25.2 Å². The van der Waals surface area contributed by atoms with E-state index < -0.39 is 0 Å². The minimum Gasteiger partial charge on any atom is -0.385 e. The third kappa shape index (κ3) is 5.94. The molecule has 0 spiro atoms. The van der Waals surface area contributed by atoms with E-state index in [0.29, 0.717) is 23.2 Å². The van der Waals surface area contributed by atoms with Crippen LogP contribution in [0.5, 0.6) is 0 Å². The second-order valence-electron chi connectivity index (χ2n) is 5.40. The Balaban J connectivity index is 2.53. The lowest BCUT2D eigenvalue weighted by atomic mass is 10.1. The molecule has 1 aromatic carbocycles. The van der Waals surface area contributed by atoms with Gasteiger partial charge < -0.3 is 15.5 Å². The van der Waals surface area contributed by atoms with E-state index >= 15 is 0 Å². The number of carbonyl (C=O) groups is 1. The van der Waals surface area contributed by atoms with Gasteiger partial charge in [-0.3, -0.25) is 4.79 Å². The van der Waals surface area contributed by atoms with Crippen LogP contribution in [0.1, 0.15) is 37.6 Å². The van der Waals surface area contributed by atoms with Gasteiger partial charge >= 0.3 is 0 Å². The first-order valence-corrected chi connectivity index (χ1v) is 7.85. The van der Waals surface area contributed by atoms with Crippen LogP contribution in [0.2, 0.25) is 5.02 Å². The van der Waals surface area contributed by atoms with Gasteiger partial charge in [0.1, 0.15) is 0 Å². The van der Waals surface area contributed by atoms with Crippen molar-refractivity contribution < 1.29 is 4.79 Å². The average molecular weight is 312 g/mol. The van der Waals surface area contributed by atoms with Gasteiger partial charge in [0.05, 0.1) is 5.56 Å². The van der Waals surface area contributed by atoms with Crippen LogP contribution in [0, 0.1) is 0 Å². The van der Waals surface area contributed by atoms with Gasteiger partial charge in [-0.05, 0) is 59.0 Å². The second-order valence-corrected chi connectivity index (χ2v) is 5.84. The number of benzene rings is 1. The smallest absolute Gasteiger partial charge is 0.253 e. The maximum absolute atomic E-state index is 12.2. The lowest BCUT2D eigenvalue weighted by molar-refractivity contribution is 0.0952. The van der Waals surface area contributed by atoms with E-state index in [9.17, 15) is 4.79 Å². The Labute approximate surface area is 132 Å². The molecule has 2 N–H and O–H groups in total. The topological polar surface area (TPSA) is 44.4 Å². The standard InChI is InChI=1S/C16H26ClN3O/c1-5-18-15-8-7-13(17)11-14(15)16(21)19-9-6-10-20(4)12(2)3/h7-8,11-12,18H,5-6,9-10H2,1-4H3,(H,19,21). The van der Waals surface area contributed by atoms with Gasteiger partial charge in [0, 0.05) is 29.8 Å². The van der Waals surface area contributed by atoms with Crippen LogP contribution < -0.4 is 10.6 Å². The summed E-state index contributed by atoms with van der Waals surface area (Å²) in [5, 5.41) is 6.71. The number of nitrogens with one attached hydrogen (secondary N) is 2. The zero-order valence-corrected chi connectivity index (χ0v) is 14.1. The first kappa shape index (κ1) is 17.8. The van der Waals surface area contributed by atoms with Crippen molar-refractivity contribution in [1.82, 2.24) is 10.2 Å². The van der Waals surface area contributed by atoms with Crippen LogP contribution in [0.25, 0.3) is 0 Å². The zero-order chi connectivity index (χ0) is 15.8. The van der Waals surface area contributed by atoms with Gasteiger partial charge in [0.25, 0.3) is 5.91 Å². The number of carbonyl (C=O) groups excluding carboxylic acids is 1. The molecule has 1 rings (SSSR count). The number of hydrogen-bond donors (Lipinski definition) is 2. The highest BCUT2D eigenvalue weighted by molar-refractivity contribution is 6.31. The molecule has 0 unspecified atom stereocenters. The molecule has 0 aliphatic heterocycles. The number of nitrogens with zero attached hydrogens (tertiary/aromatic N) is 1. The minimum atomic E-state index is -0.0827. The Hall–Kier alpha value is -1.26. The van der Waals surface area contributed by atoms with Crippen LogP contribution in [-0.2, 0) is 0 Å². The summed E-state index contributed by atoms with van der Waals surface area (Å²) in [5.74, 6) is -0.0827. The molecule has 1 aromatic rings. The number of amides is 1. The van der Waals surface area contributed by atoms with E-state index in [2.05, 4.69) is 36.4 Å². The Bertz CT molecular complexity index is 463. The van der Waals surface area contributed by atoms with Crippen LogP contribution >= 0.6 is 11.6 Å². The number of hydrogen-bond acceptors (Lipinski definition) is 3. The van der Waals surface area contributed by atoms with Crippen molar-refractivity contribution in [2.75, 3.05) is 32.0 Å². The average Bonchev–Trinajstić information content (AvgIpc) is 2.45. The summed E-state index contributed by atoms with van der Waals surface area (Å²) in [6.07, 6.45) is 0.928. The molecule has 0 radical (unpaired) electrons. The molecule has 0 aliphatic carbocycles. The first-order valence-electron chi connectivity index (χ1n) is 7.47. The van der Waals surface area contributed by atoms with Gasteiger partial charge in [-0.1, -0.05) is 11.6 Å². The van der Waals surface area contributed by atoms with Crippen LogP contribution in [0.4, 0.5) is 5.69 Å². The Morgan fingerprint density at radius 2 is 2.10 bits per heavy atom. The third-order valence-corrected chi connectivity index (χ3v) is 3.68. The summed E-state index contributed by atoms with van der Waals surface area (Å²) in [7, 11) is 2.09. The fourth-order valence-electron chi connectivity index (χ4n) is 1.93. The summed E-state index contributed by atoms with van der Waals surface area (Å²) < 4.78 is 0. The molecule has 4 nitrogen and oxygen atoms in total. The van der Waals surface area contributed by atoms with Crippen LogP contribution in [0.15, 0.2) is 18.2 Å². The van der Waals surface area contributed by atoms with Gasteiger partial charge in [0.2, 0.25) is 0 Å². The molecule has 5 heteroatoms. The van der Waals surface area contributed by atoms with Crippen LogP contribution in [0.3, 0.4) is 0 Å². The molecule has 0 fully saturated rings. The van der Waals surface area contributed by atoms with Gasteiger partial charge in [0.15, 0.2) is 0 Å². The normalized spacial score (nSPS) is 11.0. The second kappa shape index (κ2) is 8.90. The van der Waals surface area contributed by atoms with E-state index in [1.807, 2.05) is 13.0 Å². The summed E-state index contributed by atoms with van der Waals surface area (Å²) in [4.78, 5) is 14.5. The highest BCUT2D eigenvalue weighted by atomic mass is 35.5. The van der Waals surface area contributed by atoms with Crippen molar-refractivity contribution in [2.45, 2.75) is 33.2 Å². The summed E-state index contributed by atoms with van der Waals surface area (Å²) in [6, 6.07) is 5.85.